The molecule has 3 nitrogen and oxygen atoms in total. The minimum Gasteiger partial charge on any atom is -0.492 e. The van der Waals surface area contributed by atoms with Gasteiger partial charge in [-0.05, 0) is 56.6 Å². The van der Waals surface area contributed by atoms with Gasteiger partial charge in [0.1, 0.15) is 12.4 Å². The largest absolute Gasteiger partial charge is 0.492 e. The van der Waals surface area contributed by atoms with Gasteiger partial charge in [-0.15, -0.1) is 0 Å². The highest BCUT2D eigenvalue weighted by Crippen LogP contribution is 2.13. The predicted octanol–water partition coefficient (Wildman–Crippen LogP) is 2.44. The Bertz CT molecular complexity index is 342. The number of ether oxygens (including phenoxy) is 1. The zero-order valence-electron chi connectivity index (χ0n) is 11.8. The van der Waals surface area contributed by atoms with Crippen LogP contribution >= 0.6 is 0 Å². The summed E-state index contributed by atoms with van der Waals surface area (Å²) in [5, 5.41) is 0. The van der Waals surface area contributed by atoms with Gasteiger partial charge in [-0.1, -0.05) is 25.0 Å². The first kappa shape index (κ1) is 14.4. The van der Waals surface area contributed by atoms with Crippen molar-refractivity contribution in [1.29, 1.82) is 0 Å². The third-order valence-corrected chi connectivity index (χ3v) is 3.73. The number of hydrogen-bond acceptors (Lipinski definition) is 3. The van der Waals surface area contributed by atoms with Gasteiger partial charge < -0.3 is 10.5 Å². The van der Waals surface area contributed by atoms with Crippen molar-refractivity contribution in [3.8, 4) is 5.75 Å². The smallest absolute Gasteiger partial charge is 0.119 e. The lowest BCUT2D eigenvalue weighted by Crippen LogP contribution is -2.29. The third-order valence-electron chi connectivity index (χ3n) is 3.73. The average molecular weight is 262 g/mol. The standard InChI is InChI=1S/C16H26N2O/c17-10-9-15-5-7-16(8-6-15)19-14-13-18-11-3-1-2-4-12-18/h5-8H,1-4,9-14,17H2. The van der Waals surface area contributed by atoms with Crippen molar-refractivity contribution in [2.75, 3.05) is 32.8 Å². The number of likely N-dealkylation sites (tertiary alicyclic amines) is 1. The predicted molar refractivity (Wildman–Crippen MR) is 79.6 cm³/mol. The fourth-order valence-electron chi connectivity index (χ4n) is 2.57. The highest BCUT2D eigenvalue weighted by Gasteiger charge is 2.08. The zero-order chi connectivity index (χ0) is 13.3. The van der Waals surface area contributed by atoms with Crippen molar-refractivity contribution in [2.24, 2.45) is 5.73 Å². The monoisotopic (exact) mass is 262 g/mol. The summed E-state index contributed by atoms with van der Waals surface area (Å²) in [5.41, 5.74) is 6.82. The maximum atomic E-state index is 5.81. The van der Waals surface area contributed by atoms with E-state index in [1.165, 1.54) is 44.3 Å². The molecule has 1 aliphatic heterocycles. The van der Waals surface area contributed by atoms with E-state index in [1.54, 1.807) is 0 Å². The second-order valence-electron chi connectivity index (χ2n) is 5.29. The van der Waals surface area contributed by atoms with Crippen LogP contribution in [0.3, 0.4) is 0 Å². The molecular weight excluding hydrogens is 236 g/mol. The first-order valence-corrected chi connectivity index (χ1v) is 7.52. The molecule has 0 unspecified atom stereocenters. The molecule has 0 spiro atoms. The van der Waals surface area contributed by atoms with Crippen molar-refractivity contribution in [3.63, 3.8) is 0 Å². The lowest BCUT2D eigenvalue weighted by molar-refractivity contribution is 0.214. The topological polar surface area (TPSA) is 38.5 Å². The molecule has 1 aromatic rings. The Labute approximate surface area is 116 Å². The van der Waals surface area contributed by atoms with Gasteiger partial charge in [0.2, 0.25) is 0 Å². The van der Waals surface area contributed by atoms with Crippen LogP contribution in [0.15, 0.2) is 24.3 Å². The second-order valence-corrected chi connectivity index (χ2v) is 5.29. The SMILES string of the molecule is NCCc1ccc(OCCN2CCCCCC2)cc1. The van der Waals surface area contributed by atoms with Crippen LogP contribution in [0, 0.1) is 0 Å². The highest BCUT2D eigenvalue weighted by molar-refractivity contribution is 5.27. The van der Waals surface area contributed by atoms with Gasteiger partial charge in [-0.25, -0.2) is 0 Å². The van der Waals surface area contributed by atoms with Crippen molar-refractivity contribution >= 4 is 0 Å². The molecule has 1 aromatic carbocycles. The van der Waals surface area contributed by atoms with Gasteiger partial charge in [0.25, 0.3) is 0 Å². The Kier molecular flexibility index (Phi) is 6.18. The summed E-state index contributed by atoms with van der Waals surface area (Å²) < 4.78 is 5.81. The molecule has 106 valence electrons. The Balaban J connectivity index is 1.69. The van der Waals surface area contributed by atoms with Crippen LogP contribution in [-0.4, -0.2) is 37.7 Å². The van der Waals surface area contributed by atoms with Gasteiger partial charge in [-0.2, -0.15) is 0 Å². The molecule has 1 saturated heterocycles. The Morgan fingerprint density at radius 1 is 1.00 bits per heavy atom. The minimum atomic E-state index is 0.704. The van der Waals surface area contributed by atoms with Crippen LogP contribution in [0.4, 0.5) is 0 Å². The summed E-state index contributed by atoms with van der Waals surface area (Å²) in [6, 6.07) is 8.31. The molecule has 0 aromatic heterocycles. The van der Waals surface area contributed by atoms with E-state index in [4.69, 9.17) is 10.5 Å². The van der Waals surface area contributed by atoms with E-state index in [9.17, 15) is 0 Å². The zero-order valence-corrected chi connectivity index (χ0v) is 11.8. The number of benzene rings is 1. The Morgan fingerprint density at radius 2 is 1.68 bits per heavy atom. The quantitative estimate of drug-likeness (QED) is 0.856. The fourth-order valence-corrected chi connectivity index (χ4v) is 2.57. The van der Waals surface area contributed by atoms with Crippen molar-refractivity contribution in [1.82, 2.24) is 4.90 Å². The lowest BCUT2D eigenvalue weighted by Gasteiger charge is -2.19. The van der Waals surface area contributed by atoms with Gasteiger partial charge in [0.05, 0.1) is 0 Å². The summed E-state index contributed by atoms with van der Waals surface area (Å²) in [4.78, 5) is 2.52. The van der Waals surface area contributed by atoms with E-state index >= 15 is 0 Å². The van der Waals surface area contributed by atoms with Crippen LogP contribution < -0.4 is 10.5 Å². The maximum Gasteiger partial charge on any atom is 0.119 e. The number of hydrogen-bond donors (Lipinski definition) is 1. The maximum absolute atomic E-state index is 5.81. The summed E-state index contributed by atoms with van der Waals surface area (Å²) in [5.74, 6) is 0.968. The molecule has 1 heterocycles. The summed E-state index contributed by atoms with van der Waals surface area (Å²) in [7, 11) is 0. The number of nitrogens with zero attached hydrogens (tertiary/aromatic N) is 1. The van der Waals surface area contributed by atoms with E-state index in [0.29, 0.717) is 6.54 Å². The van der Waals surface area contributed by atoms with Crippen molar-refractivity contribution in [3.05, 3.63) is 29.8 Å². The molecule has 2 rings (SSSR count). The number of nitrogens with two attached hydrogens (primary N) is 1. The van der Waals surface area contributed by atoms with E-state index in [0.717, 1.165) is 25.3 Å². The van der Waals surface area contributed by atoms with Crippen LogP contribution in [0.5, 0.6) is 5.75 Å². The normalized spacial score (nSPS) is 17.1. The van der Waals surface area contributed by atoms with E-state index < -0.39 is 0 Å². The summed E-state index contributed by atoms with van der Waals surface area (Å²) >= 11 is 0. The van der Waals surface area contributed by atoms with Gasteiger partial charge in [0, 0.05) is 6.54 Å². The first-order valence-electron chi connectivity index (χ1n) is 7.52. The molecule has 0 amide bonds. The molecule has 1 aliphatic rings. The third kappa shape index (κ3) is 5.21. The average Bonchev–Trinajstić information content (AvgIpc) is 2.70. The van der Waals surface area contributed by atoms with Gasteiger partial charge >= 0.3 is 0 Å². The highest BCUT2D eigenvalue weighted by atomic mass is 16.5. The molecule has 0 aliphatic carbocycles. The second kappa shape index (κ2) is 8.18. The van der Waals surface area contributed by atoms with Crippen LogP contribution in [-0.2, 0) is 6.42 Å². The first-order chi connectivity index (χ1) is 9.38. The van der Waals surface area contributed by atoms with E-state index in [2.05, 4.69) is 17.0 Å². The molecule has 2 N–H and O–H groups in total. The molecule has 0 bridgehead atoms. The summed E-state index contributed by atoms with van der Waals surface area (Å²) in [6.45, 7) is 5.01. The van der Waals surface area contributed by atoms with E-state index in [1.807, 2.05) is 12.1 Å². The van der Waals surface area contributed by atoms with Crippen LogP contribution in [0.1, 0.15) is 31.2 Å². The lowest BCUT2D eigenvalue weighted by atomic mass is 10.1. The fraction of sp³-hybridized carbons (Fsp3) is 0.625. The molecule has 0 atom stereocenters. The molecule has 19 heavy (non-hydrogen) atoms. The van der Waals surface area contributed by atoms with Gasteiger partial charge in [-0.3, -0.25) is 4.90 Å². The van der Waals surface area contributed by atoms with Gasteiger partial charge in [0.15, 0.2) is 0 Å². The Hall–Kier alpha value is -1.06. The molecule has 0 radical (unpaired) electrons. The molecule has 1 fully saturated rings. The molecule has 0 saturated carbocycles. The Morgan fingerprint density at radius 3 is 2.32 bits per heavy atom. The number of rotatable bonds is 6. The van der Waals surface area contributed by atoms with Crippen molar-refractivity contribution in [2.45, 2.75) is 32.1 Å². The van der Waals surface area contributed by atoms with Crippen LogP contribution in [0.2, 0.25) is 0 Å². The minimum absolute atomic E-state index is 0.704. The molecule has 3 heteroatoms. The molecular formula is C16H26N2O. The summed E-state index contributed by atoms with van der Waals surface area (Å²) in [6.07, 6.45) is 6.40. The van der Waals surface area contributed by atoms with Crippen molar-refractivity contribution < 1.29 is 4.74 Å². The van der Waals surface area contributed by atoms with E-state index in [-0.39, 0.29) is 0 Å². The van der Waals surface area contributed by atoms with Crippen LogP contribution in [0.25, 0.3) is 0 Å².